The molecule has 0 N–H and O–H groups in total. The summed E-state index contributed by atoms with van der Waals surface area (Å²) in [5.74, 6) is 0.162. The molecule has 116 valence electrons. The molecular formula is C19H16BrNO2. The van der Waals surface area contributed by atoms with Gasteiger partial charge in [0.1, 0.15) is 0 Å². The Morgan fingerprint density at radius 3 is 2.61 bits per heavy atom. The van der Waals surface area contributed by atoms with Gasteiger partial charge in [-0.25, -0.2) is 0 Å². The number of amides is 1. The maximum Gasteiger partial charge on any atom is 0.237 e. The Balaban J connectivity index is 1.85. The average molecular weight is 370 g/mol. The number of carbonyl (C=O) groups excluding carboxylic acids is 2. The van der Waals surface area contributed by atoms with Crippen molar-refractivity contribution in [3.63, 3.8) is 0 Å². The number of hydrogen-bond donors (Lipinski definition) is 0. The highest BCUT2D eigenvalue weighted by Crippen LogP contribution is 2.50. The normalized spacial score (nSPS) is 25.7. The molecule has 0 fully saturated rings. The molecule has 1 amide bonds. The molecule has 4 rings (SSSR count). The molecule has 2 atom stereocenters. The Morgan fingerprint density at radius 1 is 1.13 bits per heavy atom. The van der Waals surface area contributed by atoms with Crippen molar-refractivity contribution in [2.24, 2.45) is 0 Å². The topological polar surface area (TPSA) is 37.4 Å². The molecular weight excluding hydrogens is 354 g/mol. The van der Waals surface area contributed by atoms with E-state index in [9.17, 15) is 9.59 Å². The Kier molecular flexibility index (Phi) is 3.20. The minimum absolute atomic E-state index is 0.0775. The van der Waals surface area contributed by atoms with Crippen LogP contribution in [-0.2, 0) is 16.8 Å². The minimum Gasteiger partial charge on any atom is -0.307 e. The third-order valence-corrected chi connectivity index (χ3v) is 5.66. The van der Waals surface area contributed by atoms with Crippen molar-refractivity contribution in [3.05, 3.63) is 65.2 Å². The Labute approximate surface area is 143 Å². The predicted molar refractivity (Wildman–Crippen MR) is 93.1 cm³/mol. The summed E-state index contributed by atoms with van der Waals surface area (Å²) in [4.78, 5) is 27.2. The van der Waals surface area contributed by atoms with Gasteiger partial charge in [-0.1, -0.05) is 58.4 Å². The first-order valence-electron chi connectivity index (χ1n) is 7.70. The second-order valence-electron chi connectivity index (χ2n) is 6.44. The van der Waals surface area contributed by atoms with Crippen LogP contribution in [0.4, 0.5) is 5.69 Å². The molecule has 0 bridgehead atoms. The second kappa shape index (κ2) is 5.03. The Bertz CT molecular complexity index is 817. The third kappa shape index (κ3) is 2.01. The monoisotopic (exact) mass is 369 g/mol. The molecule has 0 spiro atoms. The van der Waals surface area contributed by atoms with E-state index in [1.807, 2.05) is 60.4 Å². The zero-order valence-electron chi connectivity index (χ0n) is 12.8. The minimum atomic E-state index is -0.622. The number of nitrogens with zero attached hydrogens (tertiary/aromatic N) is 1. The number of anilines is 1. The molecule has 3 nitrogen and oxygen atoms in total. The lowest BCUT2D eigenvalue weighted by Gasteiger charge is -2.31. The number of benzene rings is 2. The van der Waals surface area contributed by atoms with E-state index >= 15 is 0 Å². The van der Waals surface area contributed by atoms with E-state index in [0.717, 1.165) is 16.8 Å². The smallest absolute Gasteiger partial charge is 0.237 e. The van der Waals surface area contributed by atoms with Crippen molar-refractivity contribution < 1.29 is 9.59 Å². The van der Waals surface area contributed by atoms with E-state index in [2.05, 4.69) is 15.9 Å². The molecule has 4 heteroatoms. The average Bonchev–Trinajstić information content (AvgIpc) is 2.76. The summed E-state index contributed by atoms with van der Waals surface area (Å²) in [6.45, 7) is 2.50. The molecule has 2 aromatic carbocycles. The Morgan fingerprint density at radius 2 is 1.87 bits per heavy atom. The lowest BCUT2D eigenvalue weighted by atomic mass is 9.72. The van der Waals surface area contributed by atoms with Crippen LogP contribution in [0.3, 0.4) is 0 Å². The van der Waals surface area contributed by atoms with Gasteiger partial charge in [-0.05, 0) is 25.0 Å². The number of ketones is 1. The first kappa shape index (κ1) is 14.6. The highest BCUT2D eigenvalue weighted by molar-refractivity contribution is 9.10. The van der Waals surface area contributed by atoms with Crippen LogP contribution in [0.1, 0.15) is 34.8 Å². The van der Waals surface area contributed by atoms with Gasteiger partial charge in [0.25, 0.3) is 0 Å². The van der Waals surface area contributed by atoms with Crippen molar-refractivity contribution >= 4 is 33.3 Å². The van der Waals surface area contributed by atoms with E-state index < -0.39 is 5.41 Å². The zero-order valence-corrected chi connectivity index (χ0v) is 14.3. The van der Waals surface area contributed by atoms with E-state index in [-0.39, 0.29) is 16.5 Å². The maximum atomic E-state index is 13.2. The molecule has 1 aliphatic carbocycles. The fraction of sp³-hybridized carbons (Fsp3) is 0.263. The quantitative estimate of drug-likeness (QED) is 0.754. The van der Waals surface area contributed by atoms with E-state index in [1.54, 1.807) is 0 Å². The fourth-order valence-corrected chi connectivity index (χ4v) is 4.69. The third-order valence-electron chi connectivity index (χ3n) is 4.92. The van der Waals surface area contributed by atoms with Gasteiger partial charge in [-0.3, -0.25) is 9.59 Å². The summed E-state index contributed by atoms with van der Waals surface area (Å²) in [7, 11) is 0. The molecule has 0 saturated carbocycles. The van der Waals surface area contributed by atoms with Crippen molar-refractivity contribution in [1.82, 2.24) is 0 Å². The van der Waals surface area contributed by atoms with Crippen LogP contribution in [0.2, 0.25) is 0 Å². The van der Waals surface area contributed by atoms with E-state index in [4.69, 9.17) is 0 Å². The van der Waals surface area contributed by atoms with Crippen LogP contribution in [0.5, 0.6) is 0 Å². The molecule has 0 unspecified atom stereocenters. The summed E-state index contributed by atoms with van der Waals surface area (Å²) in [6.07, 6.45) is 0.514. The van der Waals surface area contributed by atoms with Crippen LogP contribution < -0.4 is 4.90 Å². The number of halogens is 1. The number of Topliss-reactive ketones (excluding diaryl/α,β-unsaturated/α-hetero) is 1. The first-order valence-corrected chi connectivity index (χ1v) is 8.61. The fourth-order valence-electron chi connectivity index (χ4n) is 3.80. The van der Waals surface area contributed by atoms with Gasteiger partial charge in [0.05, 0.1) is 16.8 Å². The summed E-state index contributed by atoms with van der Waals surface area (Å²) < 4.78 is 0. The second-order valence-corrected chi connectivity index (χ2v) is 7.55. The molecule has 0 saturated heterocycles. The lowest BCUT2D eigenvalue weighted by Crippen LogP contribution is -2.43. The molecule has 0 aromatic heterocycles. The summed E-state index contributed by atoms with van der Waals surface area (Å²) in [5.41, 5.74) is 2.93. The number of rotatable bonds is 2. The van der Waals surface area contributed by atoms with E-state index in [1.165, 1.54) is 0 Å². The highest BCUT2D eigenvalue weighted by atomic mass is 79.9. The number of hydrogen-bond acceptors (Lipinski definition) is 2. The molecule has 2 aromatic rings. The van der Waals surface area contributed by atoms with Crippen molar-refractivity contribution in [3.8, 4) is 0 Å². The van der Waals surface area contributed by atoms with Crippen LogP contribution in [0.25, 0.3) is 0 Å². The lowest BCUT2D eigenvalue weighted by molar-refractivity contribution is -0.123. The van der Waals surface area contributed by atoms with Crippen LogP contribution in [0.15, 0.2) is 48.5 Å². The number of alkyl halides is 1. The van der Waals surface area contributed by atoms with Crippen LogP contribution >= 0.6 is 15.9 Å². The van der Waals surface area contributed by atoms with Gasteiger partial charge in [0.2, 0.25) is 5.91 Å². The molecule has 1 aliphatic heterocycles. The van der Waals surface area contributed by atoms with Gasteiger partial charge >= 0.3 is 0 Å². The maximum absolute atomic E-state index is 13.2. The standard InChI is InChI=1S/C19H16BrNO2/c1-19-10-14(20)17(22)13-8-5-9-15(16(13)19)21(18(19)23)11-12-6-3-2-4-7-12/h2-9,14H,10-11H2,1H3/t14-,19+/m1/s1. The van der Waals surface area contributed by atoms with Crippen molar-refractivity contribution in [1.29, 1.82) is 0 Å². The molecule has 23 heavy (non-hydrogen) atoms. The van der Waals surface area contributed by atoms with Gasteiger partial charge in [0.15, 0.2) is 5.78 Å². The molecule has 2 aliphatic rings. The number of carbonyl (C=O) groups is 2. The largest absolute Gasteiger partial charge is 0.307 e. The summed E-state index contributed by atoms with van der Waals surface area (Å²) in [5, 5.41) is 0. The zero-order chi connectivity index (χ0) is 16.2. The molecule has 0 radical (unpaired) electrons. The predicted octanol–water partition coefficient (Wildman–Crippen LogP) is 3.84. The first-order chi connectivity index (χ1) is 11.0. The van der Waals surface area contributed by atoms with Crippen molar-refractivity contribution in [2.45, 2.75) is 30.1 Å². The Hall–Kier alpha value is -1.94. The van der Waals surface area contributed by atoms with E-state index in [0.29, 0.717) is 18.5 Å². The molecule has 1 heterocycles. The summed E-state index contributed by atoms with van der Waals surface area (Å²) in [6, 6.07) is 15.6. The summed E-state index contributed by atoms with van der Waals surface area (Å²) >= 11 is 3.46. The van der Waals surface area contributed by atoms with Crippen molar-refractivity contribution in [2.75, 3.05) is 4.90 Å². The van der Waals surface area contributed by atoms with Crippen LogP contribution in [-0.4, -0.2) is 16.5 Å². The van der Waals surface area contributed by atoms with Gasteiger partial charge < -0.3 is 4.90 Å². The van der Waals surface area contributed by atoms with Crippen LogP contribution in [0, 0.1) is 0 Å². The van der Waals surface area contributed by atoms with Gasteiger partial charge in [0, 0.05) is 16.8 Å². The highest BCUT2D eigenvalue weighted by Gasteiger charge is 2.53. The van der Waals surface area contributed by atoms with Gasteiger partial charge in [-0.15, -0.1) is 0 Å². The SMILES string of the molecule is C[C@]12C[C@@H](Br)C(=O)c3cccc(c31)N(Cc1ccccc1)C2=O. The van der Waals surface area contributed by atoms with Gasteiger partial charge in [-0.2, -0.15) is 0 Å².